The number of hydrogen-bond acceptors (Lipinski definition) is 3. The Morgan fingerprint density at radius 3 is 2.77 bits per heavy atom. The van der Waals surface area contributed by atoms with Gasteiger partial charge in [-0.2, -0.15) is 0 Å². The summed E-state index contributed by atoms with van der Waals surface area (Å²) >= 11 is 0. The van der Waals surface area contributed by atoms with E-state index in [0.717, 1.165) is 23.3 Å². The molecule has 1 aromatic carbocycles. The van der Waals surface area contributed by atoms with Crippen molar-refractivity contribution in [3.05, 3.63) is 35.9 Å². The van der Waals surface area contributed by atoms with E-state index in [2.05, 4.69) is 30.0 Å². The van der Waals surface area contributed by atoms with Gasteiger partial charge < -0.3 is 10.0 Å². The summed E-state index contributed by atoms with van der Waals surface area (Å²) in [6.45, 7) is 7.59. The molecule has 0 radical (unpaired) electrons. The first-order valence-electron chi connectivity index (χ1n) is 7.72. The van der Waals surface area contributed by atoms with Gasteiger partial charge in [0.2, 0.25) is 0 Å². The zero-order chi connectivity index (χ0) is 15.9. The zero-order valence-electron chi connectivity index (χ0n) is 13.3. The zero-order valence-corrected chi connectivity index (χ0v) is 13.3. The molecule has 1 atom stereocenters. The van der Waals surface area contributed by atoms with Crippen LogP contribution in [0.5, 0.6) is 0 Å². The van der Waals surface area contributed by atoms with Crippen LogP contribution in [-0.4, -0.2) is 29.1 Å². The Hall–Kier alpha value is -2.10. The molecule has 1 aromatic heterocycles. The fourth-order valence-electron chi connectivity index (χ4n) is 3.47. The maximum Gasteiger partial charge on any atom is 0.307 e. The number of pyridine rings is 1. The lowest BCUT2D eigenvalue weighted by molar-refractivity contribution is -0.146. The Balaban J connectivity index is 1.92. The SMILES string of the molecule is Cc1cccc2ccc(N3CC[C@H](C(=O)O)C(C)(C)C3)nc12. The molecular formula is C18H22N2O2. The van der Waals surface area contributed by atoms with E-state index in [4.69, 9.17) is 4.98 Å². The van der Waals surface area contributed by atoms with Gasteiger partial charge in [0.05, 0.1) is 11.4 Å². The summed E-state index contributed by atoms with van der Waals surface area (Å²) in [6.07, 6.45) is 0.663. The molecule has 0 bridgehead atoms. The molecule has 1 aliphatic heterocycles. The van der Waals surface area contributed by atoms with E-state index in [1.54, 1.807) is 0 Å². The van der Waals surface area contributed by atoms with Crippen LogP contribution in [0.15, 0.2) is 30.3 Å². The maximum atomic E-state index is 11.4. The quantitative estimate of drug-likeness (QED) is 0.922. The van der Waals surface area contributed by atoms with Crippen LogP contribution in [0, 0.1) is 18.3 Å². The molecule has 0 spiro atoms. The second-order valence-corrected chi connectivity index (χ2v) is 6.91. The molecule has 0 saturated carbocycles. The molecule has 1 aliphatic rings. The first kappa shape index (κ1) is 14.8. The molecule has 3 rings (SSSR count). The van der Waals surface area contributed by atoms with Gasteiger partial charge in [-0.15, -0.1) is 0 Å². The number of fused-ring (bicyclic) bond motifs is 1. The number of aliphatic carboxylic acids is 1. The van der Waals surface area contributed by atoms with Crippen LogP contribution < -0.4 is 4.90 Å². The van der Waals surface area contributed by atoms with Crippen LogP contribution in [0.1, 0.15) is 25.8 Å². The van der Waals surface area contributed by atoms with Crippen LogP contribution in [0.4, 0.5) is 5.82 Å². The highest BCUT2D eigenvalue weighted by atomic mass is 16.4. The molecule has 1 fully saturated rings. The monoisotopic (exact) mass is 298 g/mol. The lowest BCUT2D eigenvalue weighted by atomic mass is 9.74. The van der Waals surface area contributed by atoms with Gasteiger partial charge in [0.25, 0.3) is 0 Å². The normalized spacial score (nSPS) is 21.0. The summed E-state index contributed by atoms with van der Waals surface area (Å²) < 4.78 is 0. The number of nitrogens with zero attached hydrogens (tertiary/aromatic N) is 2. The molecular weight excluding hydrogens is 276 g/mol. The summed E-state index contributed by atoms with van der Waals surface area (Å²) in [6, 6.07) is 10.3. The third-order valence-corrected chi connectivity index (χ3v) is 4.76. The van der Waals surface area contributed by atoms with E-state index in [0.29, 0.717) is 13.0 Å². The Kier molecular flexibility index (Phi) is 3.55. The molecule has 0 unspecified atom stereocenters. The number of rotatable bonds is 2. The molecule has 2 heterocycles. The number of carboxylic acids is 1. The van der Waals surface area contributed by atoms with Gasteiger partial charge >= 0.3 is 5.97 Å². The number of aryl methyl sites for hydroxylation is 1. The van der Waals surface area contributed by atoms with E-state index in [9.17, 15) is 9.90 Å². The molecule has 1 N–H and O–H groups in total. The number of piperidine rings is 1. The average Bonchev–Trinajstić information content (AvgIpc) is 2.46. The van der Waals surface area contributed by atoms with Crippen LogP contribution >= 0.6 is 0 Å². The standard InChI is InChI=1S/C18H22N2O2/c1-12-5-4-6-13-7-8-15(19-16(12)13)20-10-9-14(17(21)22)18(2,3)11-20/h4-8,14H,9-11H2,1-3H3,(H,21,22)/t14-/m1/s1. The largest absolute Gasteiger partial charge is 0.481 e. The second-order valence-electron chi connectivity index (χ2n) is 6.91. The minimum atomic E-state index is -0.688. The molecule has 0 aliphatic carbocycles. The molecule has 4 nitrogen and oxygen atoms in total. The number of aromatic nitrogens is 1. The van der Waals surface area contributed by atoms with Crippen molar-refractivity contribution in [2.45, 2.75) is 27.2 Å². The van der Waals surface area contributed by atoms with E-state index < -0.39 is 5.97 Å². The van der Waals surface area contributed by atoms with Gasteiger partial charge in [0.15, 0.2) is 0 Å². The minimum absolute atomic E-state index is 0.257. The third-order valence-electron chi connectivity index (χ3n) is 4.76. The Bertz CT molecular complexity index is 724. The Morgan fingerprint density at radius 1 is 1.32 bits per heavy atom. The number of para-hydroxylation sites is 1. The van der Waals surface area contributed by atoms with Crippen molar-refractivity contribution in [2.24, 2.45) is 11.3 Å². The number of carbonyl (C=O) groups is 1. The predicted molar refractivity (Wildman–Crippen MR) is 88.2 cm³/mol. The summed E-state index contributed by atoms with van der Waals surface area (Å²) in [5.74, 6) is -0.0309. The maximum absolute atomic E-state index is 11.4. The fourth-order valence-corrected chi connectivity index (χ4v) is 3.47. The van der Waals surface area contributed by atoms with Crippen molar-refractivity contribution in [1.29, 1.82) is 0 Å². The minimum Gasteiger partial charge on any atom is -0.481 e. The van der Waals surface area contributed by atoms with E-state index in [1.807, 2.05) is 26.0 Å². The van der Waals surface area contributed by atoms with Crippen LogP contribution in [0.25, 0.3) is 10.9 Å². The number of carboxylic acid groups (broad SMARTS) is 1. The van der Waals surface area contributed by atoms with Crippen molar-refractivity contribution in [3.63, 3.8) is 0 Å². The second kappa shape index (κ2) is 5.27. The number of anilines is 1. The lowest BCUT2D eigenvalue weighted by Gasteiger charge is -2.42. The molecule has 4 heteroatoms. The van der Waals surface area contributed by atoms with Crippen molar-refractivity contribution in [2.75, 3.05) is 18.0 Å². The fraction of sp³-hybridized carbons (Fsp3) is 0.444. The van der Waals surface area contributed by atoms with Crippen molar-refractivity contribution >= 4 is 22.7 Å². The molecule has 1 saturated heterocycles. The van der Waals surface area contributed by atoms with Gasteiger partial charge in [-0.05, 0) is 36.5 Å². The smallest absolute Gasteiger partial charge is 0.307 e. The molecule has 22 heavy (non-hydrogen) atoms. The Morgan fingerprint density at radius 2 is 2.09 bits per heavy atom. The van der Waals surface area contributed by atoms with Crippen molar-refractivity contribution in [1.82, 2.24) is 4.98 Å². The van der Waals surface area contributed by atoms with E-state index in [1.165, 1.54) is 5.56 Å². The predicted octanol–water partition coefficient (Wildman–Crippen LogP) is 3.48. The van der Waals surface area contributed by atoms with E-state index >= 15 is 0 Å². The topological polar surface area (TPSA) is 53.4 Å². The van der Waals surface area contributed by atoms with Gasteiger partial charge in [-0.25, -0.2) is 4.98 Å². The third kappa shape index (κ3) is 2.54. The lowest BCUT2D eigenvalue weighted by Crippen LogP contribution is -2.48. The van der Waals surface area contributed by atoms with Gasteiger partial charge in [-0.3, -0.25) is 4.79 Å². The Labute approximate surface area is 130 Å². The summed E-state index contributed by atoms with van der Waals surface area (Å²) in [4.78, 5) is 18.4. The highest BCUT2D eigenvalue weighted by molar-refractivity contribution is 5.83. The molecule has 2 aromatic rings. The van der Waals surface area contributed by atoms with Gasteiger partial charge in [-0.1, -0.05) is 32.0 Å². The first-order chi connectivity index (χ1) is 10.4. The highest BCUT2D eigenvalue weighted by Gasteiger charge is 2.40. The number of hydrogen-bond donors (Lipinski definition) is 1. The summed E-state index contributed by atoms with van der Waals surface area (Å²) in [5, 5.41) is 10.5. The molecule has 0 amide bonds. The van der Waals surface area contributed by atoms with Gasteiger partial charge in [0.1, 0.15) is 5.82 Å². The van der Waals surface area contributed by atoms with Gasteiger partial charge in [0, 0.05) is 18.5 Å². The van der Waals surface area contributed by atoms with Crippen molar-refractivity contribution in [3.8, 4) is 0 Å². The summed E-state index contributed by atoms with van der Waals surface area (Å²) in [7, 11) is 0. The first-order valence-corrected chi connectivity index (χ1v) is 7.72. The highest BCUT2D eigenvalue weighted by Crippen LogP contribution is 2.37. The van der Waals surface area contributed by atoms with Crippen LogP contribution in [0.2, 0.25) is 0 Å². The van der Waals surface area contributed by atoms with E-state index in [-0.39, 0.29) is 11.3 Å². The average molecular weight is 298 g/mol. The van der Waals surface area contributed by atoms with Crippen LogP contribution in [-0.2, 0) is 4.79 Å². The summed E-state index contributed by atoms with van der Waals surface area (Å²) in [5.41, 5.74) is 1.93. The molecule has 116 valence electrons. The van der Waals surface area contributed by atoms with Crippen molar-refractivity contribution < 1.29 is 9.90 Å². The van der Waals surface area contributed by atoms with Crippen LogP contribution in [0.3, 0.4) is 0 Å². The number of benzene rings is 1.